The maximum absolute atomic E-state index is 12.8. The average molecular weight is 706 g/mol. The molecule has 7 atom stereocenters. The van der Waals surface area contributed by atoms with Gasteiger partial charge in [0.15, 0.2) is 6.29 Å². The summed E-state index contributed by atoms with van der Waals surface area (Å²) in [5, 5.41) is 53.8. The van der Waals surface area contributed by atoms with Gasteiger partial charge in [0.05, 0.1) is 25.4 Å². The first kappa shape index (κ1) is 45.9. The van der Waals surface area contributed by atoms with E-state index in [9.17, 15) is 30.3 Å². The Hall–Kier alpha value is -2.11. The van der Waals surface area contributed by atoms with Gasteiger partial charge in [0.25, 0.3) is 0 Å². The number of rotatable bonds is 30. The number of unbranched alkanes of at least 4 members (excludes halogenated alkanes) is 10. The van der Waals surface area contributed by atoms with E-state index in [1.165, 1.54) is 6.42 Å². The van der Waals surface area contributed by atoms with Gasteiger partial charge in [0.1, 0.15) is 24.4 Å². The summed E-state index contributed by atoms with van der Waals surface area (Å²) in [7, 11) is 0. The van der Waals surface area contributed by atoms with Crippen molar-refractivity contribution in [2.45, 2.75) is 179 Å². The van der Waals surface area contributed by atoms with Crippen molar-refractivity contribution in [3.63, 3.8) is 0 Å². The van der Waals surface area contributed by atoms with Gasteiger partial charge in [-0.05, 0) is 57.8 Å². The highest BCUT2D eigenvalue weighted by Gasteiger charge is 2.44. The van der Waals surface area contributed by atoms with Gasteiger partial charge in [0, 0.05) is 6.42 Å². The van der Waals surface area contributed by atoms with Crippen molar-refractivity contribution in [3.05, 3.63) is 60.8 Å². The van der Waals surface area contributed by atoms with Crippen molar-refractivity contribution >= 4 is 5.91 Å². The largest absolute Gasteiger partial charge is 0.394 e. The van der Waals surface area contributed by atoms with E-state index in [1.807, 2.05) is 0 Å². The Labute approximate surface area is 303 Å². The molecule has 9 nitrogen and oxygen atoms in total. The third kappa shape index (κ3) is 22.7. The molecule has 0 spiro atoms. The Bertz CT molecular complexity index is 962. The van der Waals surface area contributed by atoms with E-state index in [-0.39, 0.29) is 12.5 Å². The van der Waals surface area contributed by atoms with Crippen LogP contribution < -0.4 is 5.32 Å². The van der Waals surface area contributed by atoms with Crippen molar-refractivity contribution in [3.8, 4) is 0 Å². The van der Waals surface area contributed by atoms with Crippen molar-refractivity contribution in [2.24, 2.45) is 0 Å². The van der Waals surface area contributed by atoms with Crippen LogP contribution in [0.5, 0.6) is 0 Å². The molecule has 288 valence electrons. The summed E-state index contributed by atoms with van der Waals surface area (Å²) in [4.78, 5) is 12.8. The number of amides is 1. The summed E-state index contributed by atoms with van der Waals surface area (Å²) in [6.07, 6.45) is 32.6. The number of nitrogens with one attached hydrogen (secondary N) is 1. The number of hydrogen-bond donors (Lipinski definition) is 6. The molecule has 0 bridgehead atoms. The van der Waals surface area contributed by atoms with Gasteiger partial charge in [-0.2, -0.15) is 0 Å². The molecule has 6 N–H and O–H groups in total. The molecular formula is C41H71NO8. The van der Waals surface area contributed by atoms with Crippen molar-refractivity contribution < 1.29 is 39.8 Å². The van der Waals surface area contributed by atoms with Gasteiger partial charge >= 0.3 is 0 Å². The molecule has 1 rings (SSSR count). The van der Waals surface area contributed by atoms with Crippen LogP contribution in [0, 0.1) is 0 Å². The van der Waals surface area contributed by atoms with Crippen LogP contribution in [-0.4, -0.2) is 87.5 Å². The Morgan fingerprint density at radius 2 is 1.24 bits per heavy atom. The highest BCUT2D eigenvalue weighted by molar-refractivity contribution is 5.76. The molecule has 1 amide bonds. The summed E-state index contributed by atoms with van der Waals surface area (Å²) < 4.78 is 11.1. The lowest BCUT2D eigenvalue weighted by molar-refractivity contribution is -0.302. The minimum Gasteiger partial charge on any atom is -0.394 e. The lowest BCUT2D eigenvalue weighted by Gasteiger charge is -2.40. The number of carbonyl (C=O) groups is 1. The number of aliphatic hydroxyl groups excluding tert-OH is 5. The molecule has 1 saturated heterocycles. The monoisotopic (exact) mass is 706 g/mol. The smallest absolute Gasteiger partial charge is 0.220 e. The van der Waals surface area contributed by atoms with E-state index in [0.717, 1.165) is 103 Å². The van der Waals surface area contributed by atoms with Crippen molar-refractivity contribution in [1.29, 1.82) is 0 Å². The molecule has 1 aliphatic rings. The van der Waals surface area contributed by atoms with E-state index in [2.05, 4.69) is 79.9 Å². The van der Waals surface area contributed by atoms with Crippen molar-refractivity contribution in [2.75, 3.05) is 13.2 Å². The van der Waals surface area contributed by atoms with E-state index >= 15 is 0 Å². The lowest BCUT2D eigenvalue weighted by Crippen LogP contribution is -2.60. The van der Waals surface area contributed by atoms with Crippen LogP contribution in [0.1, 0.15) is 136 Å². The first-order chi connectivity index (χ1) is 24.3. The number of hydrogen-bond acceptors (Lipinski definition) is 8. The molecule has 0 aromatic carbocycles. The van der Waals surface area contributed by atoms with Gasteiger partial charge in [-0.3, -0.25) is 4.79 Å². The molecule has 0 saturated carbocycles. The predicted molar refractivity (Wildman–Crippen MR) is 202 cm³/mol. The minimum atomic E-state index is -1.56. The number of aliphatic hydroxyl groups is 5. The summed E-state index contributed by atoms with van der Waals surface area (Å²) in [5.74, 6) is -0.173. The quantitative estimate of drug-likeness (QED) is 0.0350. The predicted octanol–water partition coefficient (Wildman–Crippen LogP) is 6.88. The topological polar surface area (TPSA) is 149 Å². The van der Waals surface area contributed by atoms with Crippen LogP contribution in [-0.2, 0) is 14.3 Å². The zero-order valence-electron chi connectivity index (χ0n) is 31.1. The fraction of sp³-hybridized carbons (Fsp3) is 0.732. The first-order valence-electron chi connectivity index (χ1n) is 19.5. The van der Waals surface area contributed by atoms with Gasteiger partial charge < -0.3 is 40.3 Å². The summed E-state index contributed by atoms with van der Waals surface area (Å²) in [6, 6.07) is -0.728. The fourth-order valence-corrected chi connectivity index (χ4v) is 5.71. The van der Waals surface area contributed by atoms with Crippen LogP contribution in [0.3, 0.4) is 0 Å². The van der Waals surface area contributed by atoms with Crippen LogP contribution in [0.2, 0.25) is 0 Å². The second kappa shape index (κ2) is 31.6. The highest BCUT2D eigenvalue weighted by Crippen LogP contribution is 2.22. The number of ether oxygens (including phenoxy) is 2. The maximum Gasteiger partial charge on any atom is 0.220 e. The summed E-state index contributed by atoms with van der Waals surface area (Å²) >= 11 is 0. The second-order valence-electron chi connectivity index (χ2n) is 13.3. The van der Waals surface area contributed by atoms with Crippen LogP contribution in [0.15, 0.2) is 60.8 Å². The summed E-state index contributed by atoms with van der Waals surface area (Å²) in [5.41, 5.74) is 0. The molecule has 50 heavy (non-hydrogen) atoms. The average Bonchev–Trinajstić information content (AvgIpc) is 3.11. The van der Waals surface area contributed by atoms with Crippen molar-refractivity contribution in [1.82, 2.24) is 5.32 Å². The molecule has 0 aromatic heterocycles. The van der Waals surface area contributed by atoms with Gasteiger partial charge in [-0.25, -0.2) is 0 Å². The Kier molecular flexibility index (Phi) is 29.0. The number of allylic oxidation sites excluding steroid dienone is 10. The van der Waals surface area contributed by atoms with Crippen LogP contribution >= 0.6 is 0 Å². The number of carbonyl (C=O) groups excluding carboxylic acids is 1. The normalized spacial score (nSPS) is 22.9. The Morgan fingerprint density at radius 3 is 1.84 bits per heavy atom. The molecular weight excluding hydrogens is 634 g/mol. The van der Waals surface area contributed by atoms with Gasteiger partial charge in [-0.15, -0.1) is 0 Å². The third-order valence-electron chi connectivity index (χ3n) is 8.89. The van der Waals surface area contributed by atoms with Crippen LogP contribution in [0.25, 0.3) is 0 Å². The SMILES string of the molecule is CC/C=C\C/C=C\C/C=C\C/C=C\C/C=C\CCCCCCCC(=O)NC(COC1OC(CO)C(O)C(O)C1O)C(O)CCCCCCCC. The summed E-state index contributed by atoms with van der Waals surface area (Å²) in [6.45, 7) is 3.60. The first-order valence-corrected chi connectivity index (χ1v) is 19.5. The fourth-order valence-electron chi connectivity index (χ4n) is 5.71. The maximum atomic E-state index is 12.8. The van der Waals surface area contributed by atoms with Gasteiger partial charge in [0.2, 0.25) is 5.91 Å². The molecule has 0 aliphatic carbocycles. The standard InChI is InChI=1S/C41H71NO8/c1-3-5-7-9-11-12-13-14-15-16-17-18-19-20-21-22-23-24-25-27-29-31-37(45)42-34(35(44)30-28-26-10-8-6-4-2)33-49-41-40(48)39(47)38(46)36(32-43)50-41/h5,7,11-12,14-15,17-18,20-21,34-36,38-41,43-44,46-48H,3-4,6,8-10,13,16,19,22-33H2,1-2H3,(H,42,45)/b7-5-,12-11-,15-14-,18-17-,21-20-. The van der Waals surface area contributed by atoms with E-state index < -0.39 is 49.5 Å². The molecule has 1 heterocycles. The van der Waals surface area contributed by atoms with E-state index in [4.69, 9.17) is 9.47 Å². The second-order valence-corrected chi connectivity index (χ2v) is 13.3. The molecule has 1 aliphatic heterocycles. The molecule has 9 heteroatoms. The molecule has 0 aromatic rings. The molecule has 7 unspecified atom stereocenters. The Morgan fingerprint density at radius 1 is 0.700 bits per heavy atom. The van der Waals surface area contributed by atoms with Gasteiger partial charge in [-0.1, -0.05) is 132 Å². The lowest BCUT2D eigenvalue weighted by atomic mass is 9.99. The van der Waals surface area contributed by atoms with E-state index in [0.29, 0.717) is 12.8 Å². The molecule has 0 radical (unpaired) electrons. The highest BCUT2D eigenvalue weighted by atomic mass is 16.7. The van der Waals surface area contributed by atoms with E-state index in [1.54, 1.807) is 0 Å². The van der Waals surface area contributed by atoms with Crippen LogP contribution in [0.4, 0.5) is 0 Å². The Balaban J connectivity index is 2.31. The zero-order chi connectivity index (χ0) is 36.7. The zero-order valence-corrected chi connectivity index (χ0v) is 31.1. The minimum absolute atomic E-state index is 0.152. The third-order valence-corrected chi connectivity index (χ3v) is 8.89. The molecule has 1 fully saturated rings.